The lowest BCUT2D eigenvalue weighted by molar-refractivity contribution is -0.132. The van der Waals surface area contributed by atoms with Gasteiger partial charge >= 0.3 is 0 Å². The van der Waals surface area contributed by atoms with Gasteiger partial charge in [-0.05, 0) is 67.4 Å². The Balaban J connectivity index is 1.67. The molecule has 2 aromatic carbocycles. The second kappa shape index (κ2) is 7.60. The topological polar surface area (TPSA) is 89.2 Å². The molecule has 1 N–H and O–H groups in total. The molecule has 0 spiro atoms. The summed E-state index contributed by atoms with van der Waals surface area (Å²) in [7, 11) is 0. The number of carbonyl (C=O) groups excluding carboxylic acids is 2. The number of nitrogens with zero attached hydrogens (tertiary/aromatic N) is 1. The highest BCUT2D eigenvalue weighted by molar-refractivity contribution is 6.51. The van der Waals surface area contributed by atoms with Crippen LogP contribution in [0.25, 0.3) is 5.76 Å². The Labute approximate surface area is 184 Å². The van der Waals surface area contributed by atoms with Crippen LogP contribution in [0.2, 0.25) is 0 Å². The maximum Gasteiger partial charge on any atom is 0.300 e. The number of fused-ring (bicyclic) bond motifs is 1. The standard InChI is InChI=1S/C25H21NO6/c1-14-5-7-17(12-15(14)2)26-22(19-4-3-9-30-19)21(24(28)25(26)29)23(27)16-6-8-18-20(13-16)32-11-10-31-18/h3-9,12-13,22,27H,10-11H2,1-2H3/b23-21-. The van der Waals surface area contributed by atoms with Gasteiger partial charge in [-0.2, -0.15) is 0 Å². The van der Waals surface area contributed by atoms with Gasteiger partial charge in [-0.3, -0.25) is 14.5 Å². The van der Waals surface area contributed by atoms with Crippen LogP contribution < -0.4 is 14.4 Å². The number of ketones is 1. The zero-order chi connectivity index (χ0) is 22.4. The van der Waals surface area contributed by atoms with E-state index in [1.165, 1.54) is 11.2 Å². The first-order chi connectivity index (χ1) is 15.5. The Kier molecular flexibility index (Phi) is 4.74. The molecule has 7 heteroatoms. The van der Waals surface area contributed by atoms with E-state index in [9.17, 15) is 14.7 Å². The van der Waals surface area contributed by atoms with Gasteiger partial charge in [0.05, 0.1) is 11.8 Å². The van der Waals surface area contributed by atoms with E-state index in [1.54, 1.807) is 36.4 Å². The number of amides is 1. The fourth-order valence-corrected chi connectivity index (χ4v) is 4.04. The molecule has 1 aromatic heterocycles. The Morgan fingerprint density at radius 2 is 1.75 bits per heavy atom. The number of ether oxygens (including phenoxy) is 2. The monoisotopic (exact) mass is 431 g/mol. The van der Waals surface area contributed by atoms with Crippen molar-refractivity contribution in [2.45, 2.75) is 19.9 Å². The summed E-state index contributed by atoms with van der Waals surface area (Å²) in [5.74, 6) is -0.399. The molecule has 1 amide bonds. The zero-order valence-corrected chi connectivity index (χ0v) is 17.6. The Hall–Kier alpha value is -4.00. The van der Waals surface area contributed by atoms with Crippen molar-refractivity contribution in [2.24, 2.45) is 0 Å². The molecular weight excluding hydrogens is 410 g/mol. The lowest BCUT2D eigenvalue weighted by Crippen LogP contribution is -2.29. The molecule has 3 aromatic rings. The van der Waals surface area contributed by atoms with Crippen molar-refractivity contribution in [1.29, 1.82) is 0 Å². The van der Waals surface area contributed by atoms with Gasteiger partial charge < -0.3 is 19.0 Å². The lowest BCUT2D eigenvalue weighted by Gasteiger charge is -2.24. The van der Waals surface area contributed by atoms with Crippen LogP contribution in [-0.4, -0.2) is 30.0 Å². The number of aliphatic hydroxyl groups excluding tert-OH is 1. The van der Waals surface area contributed by atoms with E-state index in [0.717, 1.165) is 11.1 Å². The van der Waals surface area contributed by atoms with Crippen LogP contribution in [0.1, 0.15) is 28.5 Å². The van der Waals surface area contributed by atoms with Crippen LogP contribution in [0.4, 0.5) is 5.69 Å². The van der Waals surface area contributed by atoms with Crippen molar-refractivity contribution in [3.63, 3.8) is 0 Å². The summed E-state index contributed by atoms with van der Waals surface area (Å²) in [6, 6.07) is 12.9. The van der Waals surface area contributed by atoms with Crippen LogP contribution in [0.5, 0.6) is 11.5 Å². The summed E-state index contributed by atoms with van der Waals surface area (Å²) < 4.78 is 16.7. The molecule has 0 bridgehead atoms. The van der Waals surface area contributed by atoms with Crippen molar-refractivity contribution in [1.82, 2.24) is 0 Å². The maximum absolute atomic E-state index is 13.1. The highest BCUT2D eigenvalue weighted by Gasteiger charge is 2.48. The van der Waals surface area contributed by atoms with Crippen molar-refractivity contribution in [3.8, 4) is 11.5 Å². The molecule has 32 heavy (non-hydrogen) atoms. The summed E-state index contributed by atoms with van der Waals surface area (Å²) >= 11 is 0. The average molecular weight is 431 g/mol. The number of hydrogen-bond donors (Lipinski definition) is 1. The van der Waals surface area contributed by atoms with E-state index < -0.39 is 17.7 Å². The first-order valence-electron chi connectivity index (χ1n) is 10.3. The average Bonchev–Trinajstić information content (AvgIpc) is 3.42. The van der Waals surface area contributed by atoms with Crippen molar-refractivity contribution < 1.29 is 28.6 Å². The fourth-order valence-electron chi connectivity index (χ4n) is 4.04. The number of hydrogen-bond acceptors (Lipinski definition) is 6. The molecule has 1 saturated heterocycles. The van der Waals surface area contributed by atoms with E-state index in [2.05, 4.69) is 0 Å². The van der Waals surface area contributed by atoms with Gasteiger partial charge in [0.25, 0.3) is 11.7 Å². The number of benzene rings is 2. The number of Topliss-reactive ketones (excluding diaryl/α,β-unsaturated/α-hetero) is 1. The molecular formula is C25H21NO6. The molecule has 0 saturated carbocycles. The van der Waals surface area contributed by atoms with Crippen molar-refractivity contribution >= 4 is 23.1 Å². The minimum Gasteiger partial charge on any atom is -0.507 e. The number of carbonyl (C=O) groups is 2. The fraction of sp³-hybridized carbons (Fsp3) is 0.200. The molecule has 0 radical (unpaired) electrons. The SMILES string of the molecule is Cc1ccc(N2C(=O)C(=O)/C(=C(\O)c3ccc4c(c3)OCCO4)C2c2ccco2)cc1C. The van der Waals surface area contributed by atoms with Gasteiger partial charge in [-0.25, -0.2) is 0 Å². The Morgan fingerprint density at radius 3 is 2.47 bits per heavy atom. The van der Waals surface area contributed by atoms with E-state index >= 15 is 0 Å². The highest BCUT2D eigenvalue weighted by Crippen LogP contribution is 2.43. The molecule has 2 aliphatic rings. The second-order valence-electron chi connectivity index (χ2n) is 7.81. The van der Waals surface area contributed by atoms with E-state index in [1.807, 2.05) is 26.0 Å². The third-order valence-corrected chi connectivity index (χ3v) is 5.84. The first-order valence-corrected chi connectivity index (χ1v) is 10.3. The summed E-state index contributed by atoms with van der Waals surface area (Å²) in [5, 5.41) is 11.2. The predicted octanol–water partition coefficient (Wildman–Crippen LogP) is 4.29. The third-order valence-electron chi connectivity index (χ3n) is 5.84. The summed E-state index contributed by atoms with van der Waals surface area (Å²) in [6.07, 6.45) is 1.47. The van der Waals surface area contributed by atoms with Crippen molar-refractivity contribution in [2.75, 3.05) is 18.1 Å². The smallest absolute Gasteiger partial charge is 0.300 e. The number of anilines is 1. The quantitative estimate of drug-likeness (QED) is 0.378. The molecule has 162 valence electrons. The number of aliphatic hydroxyl groups is 1. The normalized spacial score (nSPS) is 19.4. The molecule has 7 nitrogen and oxygen atoms in total. The third kappa shape index (κ3) is 3.13. The second-order valence-corrected chi connectivity index (χ2v) is 7.81. The lowest BCUT2D eigenvalue weighted by atomic mass is 9.98. The minimum atomic E-state index is -0.902. The van der Waals surface area contributed by atoms with Crippen molar-refractivity contribution in [3.05, 3.63) is 82.8 Å². The molecule has 1 unspecified atom stereocenters. The summed E-state index contributed by atoms with van der Waals surface area (Å²) in [4.78, 5) is 27.6. The minimum absolute atomic E-state index is 0.0418. The van der Waals surface area contributed by atoms with Crippen LogP contribution >= 0.6 is 0 Å². The summed E-state index contributed by atoms with van der Waals surface area (Å²) in [5.41, 5.74) is 2.91. The van der Waals surface area contributed by atoms with Gasteiger partial charge in [0, 0.05) is 11.3 Å². The molecule has 0 aliphatic carbocycles. The van der Waals surface area contributed by atoms with Gasteiger partial charge in [0.15, 0.2) is 11.5 Å². The molecule has 3 heterocycles. The van der Waals surface area contributed by atoms with Crippen LogP contribution in [0, 0.1) is 13.8 Å². The van der Waals surface area contributed by atoms with E-state index in [0.29, 0.717) is 41.7 Å². The maximum atomic E-state index is 13.1. The van der Waals surface area contributed by atoms with Crippen LogP contribution in [0.15, 0.2) is 64.8 Å². The Morgan fingerprint density at radius 1 is 0.969 bits per heavy atom. The zero-order valence-electron chi connectivity index (χ0n) is 17.6. The number of aryl methyl sites for hydroxylation is 2. The summed E-state index contributed by atoms with van der Waals surface area (Å²) in [6.45, 7) is 4.74. The van der Waals surface area contributed by atoms with Crippen LogP contribution in [-0.2, 0) is 9.59 Å². The predicted molar refractivity (Wildman–Crippen MR) is 117 cm³/mol. The molecule has 1 atom stereocenters. The van der Waals surface area contributed by atoms with Crippen LogP contribution in [0.3, 0.4) is 0 Å². The number of furan rings is 1. The first kappa shape index (κ1) is 19.9. The molecule has 1 fully saturated rings. The van der Waals surface area contributed by atoms with Gasteiger partial charge in [0.2, 0.25) is 0 Å². The Bertz CT molecular complexity index is 1260. The van der Waals surface area contributed by atoms with Gasteiger partial charge in [-0.1, -0.05) is 6.07 Å². The molecule has 5 rings (SSSR count). The molecule has 2 aliphatic heterocycles. The van der Waals surface area contributed by atoms with E-state index in [4.69, 9.17) is 13.9 Å². The number of rotatable bonds is 3. The van der Waals surface area contributed by atoms with E-state index in [-0.39, 0.29) is 11.3 Å². The highest BCUT2D eigenvalue weighted by atomic mass is 16.6. The van der Waals surface area contributed by atoms with Gasteiger partial charge in [0.1, 0.15) is 30.8 Å². The van der Waals surface area contributed by atoms with Gasteiger partial charge in [-0.15, -0.1) is 0 Å². The largest absolute Gasteiger partial charge is 0.507 e.